The molecule has 0 N–H and O–H groups in total. The molecule has 3 heterocycles. The molecule has 0 aromatic carbocycles. The molecule has 0 unspecified atom stereocenters. The van der Waals surface area contributed by atoms with Crippen molar-refractivity contribution >= 4 is 0 Å². The van der Waals surface area contributed by atoms with Gasteiger partial charge in [-0.1, -0.05) is 0 Å². The number of methoxy groups -OCH3 is 1. The van der Waals surface area contributed by atoms with Crippen molar-refractivity contribution in [3.8, 4) is 17.1 Å². The molecule has 0 spiro atoms. The highest BCUT2D eigenvalue weighted by atomic mass is 19.4. The van der Waals surface area contributed by atoms with Crippen molar-refractivity contribution in [1.29, 1.82) is 0 Å². The molecule has 21 heavy (non-hydrogen) atoms. The van der Waals surface area contributed by atoms with Gasteiger partial charge in [0.25, 0.3) is 0 Å². The van der Waals surface area contributed by atoms with Crippen LogP contribution in [0, 0.1) is 0 Å². The lowest BCUT2D eigenvalue weighted by molar-refractivity contribution is -0.141. The fraction of sp³-hybridized carbons (Fsp3) is 0.385. The van der Waals surface area contributed by atoms with Crippen LogP contribution in [0.1, 0.15) is 11.5 Å². The summed E-state index contributed by atoms with van der Waals surface area (Å²) in [4.78, 5) is 7.76. The van der Waals surface area contributed by atoms with Crippen molar-refractivity contribution in [2.75, 3.05) is 13.7 Å². The molecule has 0 radical (unpaired) electrons. The third kappa shape index (κ3) is 2.46. The number of imidazole rings is 1. The van der Waals surface area contributed by atoms with Gasteiger partial charge in [0.2, 0.25) is 5.88 Å². The molecule has 2 aromatic heterocycles. The SMILES string of the molecule is COc1nc(C(F)(F)F)ccc1-c1cnc2n1CCOC2. The summed E-state index contributed by atoms with van der Waals surface area (Å²) in [5.74, 6) is 0.664. The van der Waals surface area contributed by atoms with E-state index in [4.69, 9.17) is 9.47 Å². The predicted molar refractivity (Wildman–Crippen MR) is 66.7 cm³/mol. The summed E-state index contributed by atoms with van der Waals surface area (Å²) in [6.45, 7) is 1.51. The van der Waals surface area contributed by atoms with E-state index in [0.29, 0.717) is 31.0 Å². The van der Waals surface area contributed by atoms with Gasteiger partial charge in [-0.2, -0.15) is 13.2 Å². The van der Waals surface area contributed by atoms with E-state index in [1.54, 1.807) is 6.20 Å². The van der Waals surface area contributed by atoms with Gasteiger partial charge in [-0.3, -0.25) is 0 Å². The predicted octanol–water partition coefficient (Wildman–Crippen LogP) is 2.50. The van der Waals surface area contributed by atoms with Crippen LogP contribution in [-0.2, 0) is 24.1 Å². The van der Waals surface area contributed by atoms with Gasteiger partial charge in [0, 0.05) is 6.54 Å². The summed E-state index contributed by atoms with van der Waals surface area (Å²) in [7, 11) is 1.29. The van der Waals surface area contributed by atoms with E-state index in [0.717, 1.165) is 11.9 Å². The second-order valence-corrected chi connectivity index (χ2v) is 4.51. The molecule has 1 aliphatic rings. The molecule has 0 saturated heterocycles. The van der Waals surface area contributed by atoms with Crippen LogP contribution in [0.25, 0.3) is 11.3 Å². The number of nitrogens with zero attached hydrogens (tertiary/aromatic N) is 3. The van der Waals surface area contributed by atoms with Gasteiger partial charge in [-0.05, 0) is 12.1 Å². The molecule has 0 fully saturated rings. The third-order valence-corrected chi connectivity index (χ3v) is 3.25. The zero-order chi connectivity index (χ0) is 15.0. The van der Waals surface area contributed by atoms with Crippen molar-refractivity contribution in [2.45, 2.75) is 19.3 Å². The molecule has 0 amide bonds. The van der Waals surface area contributed by atoms with Gasteiger partial charge in [-0.15, -0.1) is 0 Å². The number of hydrogen-bond donors (Lipinski definition) is 0. The number of alkyl halides is 3. The summed E-state index contributed by atoms with van der Waals surface area (Å²) in [5.41, 5.74) is 0.169. The van der Waals surface area contributed by atoms with Crippen LogP contribution in [0.3, 0.4) is 0 Å². The topological polar surface area (TPSA) is 49.2 Å². The van der Waals surface area contributed by atoms with E-state index in [9.17, 15) is 13.2 Å². The Balaban J connectivity index is 2.08. The molecule has 3 rings (SSSR count). The smallest absolute Gasteiger partial charge is 0.433 e. The Morgan fingerprint density at radius 2 is 2.14 bits per heavy atom. The average molecular weight is 299 g/mol. The largest absolute Gasteiger partial charge is 0.480 e. The van der Waals surface area contributed by atoms with Crippen LogP contribution in [-0.4, -0.2) is 28.3 Å². The molecule has 112 valence electrons. The Bertz CT molecular complexity index is 667. The van der Waals surface area contributed by atoms with E-state index in [2.05, 4.69) is 9.97 Å². The first-order valence-corrected chi connectivity index (χ1v) is 6.25. The standard InChI is InChI=1S/C13H12F3N3O2/c1-20-12-8(2-3-10(18-12)13(14,15)16)9-6-17-11-7-21-5-4-19(9)11/h2-3,6H,4-5,7H2,1H3. The van der Waals surface area contributed by atoms with Gasteiger partial charge >= 0.3 is 6.18 Å². The number of halogens is 3. The van der Waals surface area contributed by atoms with Crippen molar-refractivity contribution in [1.82, 2.24) is 14.5 Å². The van der Waals surface area contributed by atoms with Crippen LogP contribution < -0.4 is 4.74 Å². The van der Waals surface area contributed by atoms with Crippen LogP contribution in [0.4, 0.5) is 13.2 Å². The Hall–Kier alpha value is -2.09. The highest BCUT2D eigenvalue weighted by molar-refractivity contribution is 5.65. The molecular weight excluding hydrogens is 287 g/mol. The van der Waals surface area contributed by atoms with Gasteiger partial charge in [-0.25, -0.2) is 9.97 Å². The number of aromatic nitrogens is 3. The maximum absolute atomic E-state index is 12.7. The Kier molecular flexibility index (Phi) is 3.32. The molecule has 2 aromatic rings. The molecule has 5 nitrogen and oxygen atoms in total. The van der Waals surface area contributed by atoms with E-state index in [-0.39, 0.29) is 5.88 Å². The fourth-order valence-electron chi connectivity index (χ4n) is 2.26. The van der Waals surface area contributed by atoms with Crippen LogP contribution in [0.5, 0.6) is 5.88 Å². The highest BCUT2D eigenvalue weighted by Gasteiger charge is 2.33. The minimum atomic E-state index is -4.50. The summed E-state index contributed by atoms with van der Waals surface area (Å²) < 4.78 is 50.3. The molecule has 0 aliphatic carbocycles. The molecule has 0 bridgehead atoms. The zero-order valence-corrected chi connectivity index (χ0v) is 11.1. The van der Waals surface area contributed by atoms with Gasteiger partial charge in [0.15, 0.2) is 0 Å². The van der Waals surface area contributed by atoms with Gasteiger partial charge in [0.05, 0.1) is 31.2 Å². The van der Waals surface area contributed by atoms with Crippen molar-refractivity contribution < 1.29 is 22.6 Å². The summed E-state index contributed by atoms with van der Waals surface area (Å²) in [6, 6.07) is 2.30. The molecular formula is C13H12F3N3O2. The van der Waals surface area contributed by atoms with Crippen LogP contribution in [0.15, 0.2) is 18.3 Å². The average Bonchev–Trinajstić information content (AvgIpc) is 2.89. The third-order valence-electron chi connectivity index (χ3n) is 3.25. The van der Waals surface area contributed by atoms with Crippen molar-refractivity contribution in [3.63, 3.8) is 0 Å². The van der Waals surface area contributed by atoms with E-state index >= 15 is 0 Å². The second-order valence-electron chi connectivity index (χ2n) is 4.51. The first kappa shape index (κ1) is 13.9. The molecule has 0 saturated carbocycles. The van der Waals surface area contributed by atoms with Crippen molar-refractivity contribution in [2.24, 2.45) is 0 Å². The zero-order valence-electron chi connectivity index (χ0n) is 11.1. The number of ether oxygens (including phenoxy) is 2. The second kappa shape index (κ2) is 5.03. The quantitative estimate of drug-likeness (QED) is 0.855. The monoisotopic (exact) mass is 299 g/mol. The minimum absolute atomic E-state index is 0.0704. The number of fused-ring (bicyclic) bond motifs is 1. The molecule has 8 heteroatoms. The maximum atomic E-state index is 12.7. The molecule has 1 aliphatic heterocycles. The normalized spacial score (nSPS) is 14.9. The first-order valence-electron chi connectivity index (χ1n) is 6.25. The van der Waals surface area contributed by atoms with E-state index in [1.165, 1.54) is 13.2 Å². The lowest BCUT2D eigenvalue weighted by atomic mass is 10.2. The summed E-state index contributed by atoms with van der Waals surface area (Å²) in [5, 5.41) is 0. The van der Waals surface area contributed by atoms with Gasteiger partial charge < -0.3 is 14.0 Å². The minimum Gasteiger partial charge on any atom is -0.480 e. The van der Waals surface area contributed by atoms with Crippen LogP contribution >= 0.6 is 0 Å². The summed E-state index contributed by atoms with van der Waals surface area (Å²) in [6.07, 6.45) is -2.91. The Morgan fingerprint density at radius 3 is 2.86 bits per heavy atom. The Labute approximate surface area is 118 Å². The van der Waals surface area contributed by atoms with E-state index < -0.39 is 11.9 Å². The number of hydrogen-bond acceptors (Lipinski definition) is 4. The number of pyridine rings is 1. The molecule has 0 atom stereocenters. The summed E-state index contributed by atoms with van der Waals surface area (Å²) >= 11 is 0. The van der Waals surface area contributed by atoms with Crippen molar-refractivity contribution in [3.05, 3.63) is 29.8 Å². The lowest BCUT2D eigenvalue weighted by Gasteiger charge is -2.18. The first-order chi connectivity index (χ1) is 10.0. The van der Waals surface area contributed by atoms with Gasteiger partial charge in [0.1, 0.15) is 18.1 Å². The van der Waals surface area contributed by atoms with E-state index in [1.807, 2.05) is 4.57 Å². The fourth-order valence-corrected chi connectivity index (χ4v) is 2.26. The highest BCUT2D eigenvalue weighted by Crippen LogP contribution is 2.34. The number of rotatable bonds is 2. The lowest BCUT2D eigenvalue weighted by Crippen LogP contribution is -2.17. The Morgan fingerprint density at radius 1 is 1.33 bits per heavy atom. The maximum Gasteiger partial charge on any atom is 0.433 e. The van der Waals surface area contributed by atoms with Crippen LogP contribution in [0.2, 0.25) is 0 Å².